The number of likely N-dealkylation sites (tertiary alicyclic amines) is 1. The maximum Gasteiger partial charge on any atom is 0.244 e. The number of ether oxygens (including phenoxy) is 2. The molecule has 0 spiro atoms. The van der Waals surface area contributed by atoms with Crippen molar-refractivity contribution in [3.05, 3.63) is 144 Å². The third-order valence-corrected chi connectivity index (χ3v) is 7.41. The van der Waals surface area contributed by atoms with E-state index in [4.69, 9.17) is 9.47 Å². The average Bonchev–Trinajstić information content (AvgIpc) is 3.49. The zero-order valence-electron chi connectivity index (χ0n) is 23.4. The van der Waals surface area contributed by atoms with Crippen LogP contribution in [0.4, 0.5) is 0 Å². The molecular formula is C36H38N2O3. The minimum Gasteiger partial charge on any atom is -0.489 e. The Morgan fingerprint density at radius 1 is 0.878 bits per heavy atom. The lowest BCUT2D eigenvalue weighted by atomic mass is 10.0. The molecule has 4 aromatic carbocycles. The summed E-state index contributed by atoms with van der Waals surface area (Å²) >= 11 is 0. The first-order valence-electron chi connectivity index (χ1n) is 14.4. The lowest BCUT2D eigenvalue weighted by Gasteiger charge is -2.26. The summed E-state index contributed by atoms with van der Waals surface area (Å²) in [6, 6.07) is 38.9. The fourth-order valence-electron chi connectivity index (χ4n) is 5.25. The highest BCUT2D eigenvalue weighted by Gasteiger charge is 2.25. The molecule has 5 heteroatoms. The molecule has 1 amide bonds. The van der Waals surface area contributed by atoms with Crippen molar-refractivity contribution in [1.82, 2.24) is 10.2 Å². The summed E-state index contributed by atoms with van der Waals surface area (Å²) in [5, 5.41) is 3.10. The van der Waals surface area contributed by atoms with Crippen LogP contribution in [0.2, 0.25) is 0 Å². The normalized spacial score (nSPS) is 15.4. The van der Waals surface area contributed by atoms with Gasteiger partial charge in [0, 0.05) is 25.2 Å². The van der Waals surface area contributed by atoms with E-state index in [1.54, 1.807) is 6.08 Å². The highest BCUT2D eigenvalue weighted by molar-refractivity contribution is 5.91. The molecule has 0 radical (unpaired) electrons. The molecule has 5 nitrogen and oxygen atoms in total. The van der Waals surface area contributed by atoms with Gasteiger partial charge in [-0.2, -0.15) is 0 Å². The lowest BCUT2D eigenvalue weighted by Crippen LogP contribution is -2.41. The topological polar surface area (TPSA) is 50.8 Å². The third-order valence-electron chi connectivity index (χ3n) is 7.41. The van der Waals surface area contributed by atoms with Gasteiger partial charge in [0.15, 0.2) is 0 Å². The smallest absolute Gasteiger partial charge is 0.244 e. The second-order valence-corrected chi connectivity index (χ2v) is 10.3. The Labute approximate surface area is 243 Å². The molecule has 4 aromatic rings. The van der Waals surface area contributed by atoms with Crippen LogP contribution in [0, 0.1) is 0 Å². The van der Waals surface area contributed by atoms with Crippen LogP contribution in [0.5, 0.6) is 5.75 Å². The van der Waals surface area contributed by atoms with Gasteiger partial charge in [0.2, 0.25) is 5.91 Å². The lowest BCUT2D eigenvalue weighted by molar-refractivity contribution is -0.116. The van der Waals surface area contributed by atoms with Crippen molar-refractivity contribution in [2.75, 3.05) is 26.2 Å². The van der Waals surface area contributed by atoms with E-state index in [1.165, 1.54) is 0 Å². The predicted octanol–water partition coefficient (Wildman–Crippen LogP) is 6.67. The second-order valence-electron chi connectivity index (χ2n) is 10.3. The zero-order chi connectivity index (χ0) is 28.1. The Hall–Kier alpha value is -4.19. The molecule has 1 N–H and O–H groups in total. The first-order valence-corrected chi connectivity index (χ1v) is 14.4. The Kier molecular flexibility index (Phi) is 10.4. The summed E-state index contributed by atoms with van der Waals surface area (Å²) in [7, 11) is 0. The highest BCUT2D eigenvalue weighted by Crippen LogP contribution is 2.26. The predicted molar refractivity (Wildman–Crippen MR) is 165 cm³/mol. The van der Waals surface area contributed by atoms with E-state index < -0.39 is 0 Å². The maximum atomic E-state index is 12.6. The van der Waals surface area contributed by atoms with Gasteiger partial charge in [0.05, 0.1) is 6.61 Å². The van der Waals surface area contributed by atoms with E-state index in [0.29, 0.717) is 25.8 Å². The first-order chi connectivity index (χ1) is 20.2. The molecule has 1 heterocycles. The molecule has 0 saturated carbocycles. The minimum absolute atomic E-state index is 0.0862. The number of hydrogen-bond donors (Lipinski definition) is 1. The first kappa shape index (κ1) is 28.3. The molecule has 0 aliphatic carbocycles. The number of benzene rings is 4. The Morgan fingerprint density at radius 3 is 2.27 bits per heavy atom. The van der Waals surface area contributed by atoms with Crippen LogP contribution in [-0.2, 0) is 16.1 Å². The van der Waals surface area contributed by atoms with Gasteiger partial charge in [-0.1, -0.05) is 103 Å². The number of amides is 1. The summed E-state index contributed by atoms with van der Waals surface area (Å²) in [4.78, 5) is 15.1. The van der Waals surface area contributed by atoms with Crippen molar-refractivity contribution < 1.29 is 14.3 Å². The van der Waals surface area contributed by atoms with Gasteiger partial charge in [-0.25, -0.2) is 0 Å². The molecule has 210 valence electrons. The quantitative estimate of drug-likeness (QED) is 0.190. The number of carbonyl (C=O) groups excluding carboxylic acids is 1. The van der Waals surface area contributed by atoms with Gasteiger partial charge in [0.25, 0.3) is 0 Å². The molecule has 1 aliphatic rings. The van der Waals surface area contributed by atoms with Gasteiger partial charge in [-0.15, -0.1) is 0 Å². The number of hydrogen-bond acceptors (Lipinski definition) is 4. The van der Waals surface area contributed by atoms with Gasteiger partial charge >= 0.3 is 0 Å². The van der Waals surface area contributed by atoms with E-state index in [9.17, 15) is 4.79 Å². The van der Waals surface area contributed by atoms with Crippen LogP contribution >= 0.6 is 0 Å². The molecule has 1 saturated heterocycles. The summed E-state index contributed by atoms with van der Waals surface area (Å²) in [5.74, 6) is 0.693. The number of carbonyl (C=O) groups is 1. The standard InChI is InChI=1S/C36H38N2O3/c39-35(22-21-29-14-10-20-34(26-29)41-28-30-12-4-1-5-13-30)37-27-33-19-11-23-38(33)24-25-40-36(31-15-6-2-7-16-31)32-17-8-3-9-18-32/h1-10,12-18,20-22,26,33,36H,11,19,23-25,27-28H2,(H,37,39)/b22-21+/t33-/m0/s1. The second kappa shape index (κ2) is 15.0. The van der Waals surface area contributed by atoms with Crippen LogP contribution in [0.25, 0.3) is 6.08 Å². The van der Waals surface area contributed by atoms with E-state index in [0.717, 1.165) is 53.9 Å². The van der Waals surface area contributed by atoms with Crippen molar-refractivity contribution in [1.29, 1.82) is 0 Å². The minimum atomic E-state index is -0.0921. The van der Waals surface area contributed by atoms with Crippen LogP contribution in [0.1, 0.15) is 41.2 Å². The van der Waals surface area contributed by atoms with Gasteiger partial charge in [-0.3, -0.25) is 9.69 Å². The Bertz CT molecular complexity index is 1340. The Morgan fingerprint density at radius 2 is 1.56 bits per heavy atom. The van der Waals surface area contributed by atoms with E-state index in [1.807, 2.05) is 72.8 Å². The fraction of sp³-hybridized carbons (Fsp3) is 0.250. The van der Waals surface area contributed by atoms with Gasteiger partial charge < -0.3 is 14.8 Å². The van der Waals surface area contributed by atoms with Crippen molar-refractivity contribution in [2.24, 2.45) is 0 Å². The number of nitrogens with one attached hydrogen (secondary N) is 1. The van der Waals surface area contributed by atoms with Crippen LogP contribution in [0.15, 0.2) is 121 Å². The van der Waals surface area contributed by atoms with Gasteiger partial charge in [-0.05, 0) is 59.8 Å². The fourth-order valence-corrected chi connectivity index (χ4v) is 5.25. The molecule has 0 unspecified atom stereocenters. The maximum absolute atomic E-state index is 12.6. The molecule has 0 bridgehead atoms. The molecule has 1 atom stereocenters. The van der Waals surface area contributed by atoms with Crippen LogP contribution in [0.3, 0.4) is 0 Å². The molecule has 0 aromatic heterocycles. The SMILES string of the molecule is O=C(/C=C/c1cccc(OCc2ccccc2)c1)NC[C@@H]1CCCN1CCOC(c1ccccc1)c1ccccc1. The van der Waals surface area contributed by atoms with Crippen LogP contribution < -0.4 is 10.1 Å². The van der Waals surface area contributed by atoms with Crippen molar-refractivity contribution in [3.8, 4) is 5.75 Å². The summed E-state index contributed by atoms with van der Waals surface area (Å²) < 4.78 is 12.4. The Balaban J connectivity index is 1.08. The average molecular weight is 547 g/mol. The van der Waals surface area contributed by atoms with Gasteiger partial charge in [0.1, 0.15) is 18.5 Å². The van der Waals surface area contributed by atoms with Crippen molar-refractivity contribution in [3.63, 3.8) is 0 Å². The van der Waals surface area contributed by atoms with E-state index >= 15 is 0 Å². The third kappa shape index (κ3) is 8.65. The molecule has 1 fully saturated rings. The highest BCUT2D eigenvalue weighted by atomic mass is 16.5. The molecular weight excluding hydrogens is 508 g/mol. The van der Waals surface area contributed by atoms with E-state index in [-0.39, 0.29) is 12.0 Å². The zero-order valence-corrected chi connectivity index (χ0v) is 23.4. The molecule has 5 rings (SSSR count). The number of rotatable bonds is 13. The van der Waals surface area contributed by atoms with E-state index in [2.05, 4.69) is 58.7 Å². The van der Waals surface area contributed by atoms with Crippen molar-refractivity contribution >= 4 is 12.0 Å². The molecule has 41 heavy (non-hydrogen) atoms. The van der Waals surface area contributed by atoms with Crippen molar-refractivity contribution in [2.45, 2.75) is 31.6 Å². The number of nitrogens with zero attached hydrogens (tertiary/aromatic N) is 1. The summed E-state index contributed by atoms with van der Waals surface area (Å²) in [6.07, 6.45) is 5.55. The summed E-state index contributed by atoms with van der Waals surface area (Å²) in [6.45, 7) is 3.63. The van der Waals surface area contributed by atoms with Crippen LogP contribution in [-0.4, -0.2) is 43.1 Å². The largest absolute Gasteiger partial charge is 0.489 e. The summed E-state index contributed by atoms with van der Waals surface area (Å²) in [5.41, 5.74) is 4.36. The monoisotopic (exact) mass is 546 g/mol. The molecule has 1 aliphatic heterocycles.